The maximum atomic E-state index is 14.9. The maximum Gasteiger partial charge on any atom is 0.306 e. The third-order valence-corrected chi connectivity index (χ3v) is 7.18. The van der Waals surface area contributed by atoms with Crippen molar-refractivity contribution in [1.82, 2.24) is 4.98 Å². The molecule has 0 bridgehead atoms. The number of ether oxygens (including phenoxy) is 3. The van der Waals surface area contributed by atoms with E-state index in [0.717, 1.165) is 29.3 Å². The van der Waals surface area contributed by atoms with Crippen molar-refractivity contribution < 1.29 is 32.9 Å². The number of rotatable bonds is 11. The molecule has 4 rings (SSSR count). The fourth-order valence-corrected chi connectivity index (χ4v) is 5.05. The Morgan fingerprint density at radius 3 is 2.41 bits per heavy atom. The molecular formula is C31H35F2NO5. The molecule has 3 atom stereocenters. The first-order valence-corrected chi connectivity index (χ1v) is 13.0. The quantitative estimate of drug-likeness (QED) is 0.283. The summed E-state index contributed by atoms with van der Waals surface area (Å²) in [5.41, 5.74) is 3.05. The Balaban J connectivity index is 1.54. The van der Waals surface area contributed by atoms with Gasteiger partial charge in [0.1, 0.15) is 12.4 Å². The molecule has 0 spiro atoms. The molecule has 1 N–H and O–H groups in total. The Labute approximate surface area is 227 Å². The van der Waals surface area contributed by atoms with Gasteiger partial charge in [-0.05, 0) is 71.0 Å². The molecule has 8 heteroatoms. The lowest BCUT2D eigenvalue weighted by Crippen LogP contribution is -2.21. The van der Waals surface area contributed by atoms with Crippen molar-refractivity contribution in [2.45, 2.75) is 52.7 Å². The SMILES string of the molecule is COc1cc(-c2ccc(COc3ccc(CCC4CC4C(=O)O)cc3F)cc2C(OC)C(C)(C)C)c(F)cn1. The molecule has 6 nitrogen and oxygen atoms in total. The number of aliphatic carboxylic acids is 1. The highest BCUT2D eigenvalue weighted by atomic mass is 19.1. The summed E-state index contributed by atoms with van der Waals surface area (Å²) in [4.78, 5) is 15.0. The molecule has 1 saturated carbocycles. The zero-order valence-corrected chi connectivity index (χ0v) is 23.0. The van der Waals surface area contributed by atoms with Crippen LogP contribution in [0, 0.1) is 28.9 Å². The van der Waals surface area contributed by atoms with Crippen LogP contribution in [0.2, 0.25) is 0 Å². The molecule has 0 radical (unpaired) electrons. The van der Waals surface area contributed by atoms with Crippen LogP contribution in [0.1, 0.15) is 56.4 Å². The number of pyridine rings is 1. The monoisotopic (exact) mass is 539 g/mol. The second-order valence-corrected chi connectivity index (χ2v) is 11.1. The third kappa shape index (κ3) is 6.74. The Kier molecular flexibility index (Phi) is 8.54. The second kappa shape index (κ2) is 11.7. The van der Waals surface area contributed by atoms with Crippen LogP contribution in [0.3, 0.4) is 0 Å². The number of hydrogen-bond donors (Lipinski definition) is 1. The summed E-state index contributed by atoms with van der Waals surface area (Å²) in [7, 11) is 3.10. The summed E-state index contributed by atoms with van der Waals surface area (Å²) in [5, 5.41) is 9.05. The van der Waals surface area contributed by atoms with E-state index in [0.29, 0.717) is 29.8 Å². The van der Waals surface area contributed by atoms with E-state index in [9.17, 15) is 13.6 Å². The number of nitrogens with zero attached hydrogens (tertiary/aromatic N) is 1. The van der Waals surface area contributed by atoms with Gasteiger partial charge in [0.25, 0.3) is 0 Å². The van der Waals surface area contributed by atoms with E-state index >= 15 is 0 Å². The van der Waals surface area contributed by atoms with Crippen LogP contribution in [-0.2, 0) is 22.6 Å². The van der Waals surface area contributed by atoms with Crippen molar-refractivity contribution in [2.75, 3.05) is 14.2 Å². The standard InChI is InChI=1S/C31H35F2NO5/c1-31(2,3)29(38-5)24-12-19(7-10-21(24)23-15-28(37-4)34-16-26(23)33)17-39-27-11-8-18(13-25(27)32)6-9-20-14-22(20)30(35)36/h7-8,10-13,15-16,20,22,29H,6,9,14,17H2,1-5H3,(H,35,36). The summed E-state index contributed by atoms with van der Waals surface area (Å²) in [5.74, 6) is -1.37. The van der Waals surface area contributed by atoms with Gasteiger partial charge < -0.3 is 19.3 Å². The number of benzene rings is 2. The summed E-state index contributed by atoms with van der Waals surface area (Å²) in [6.07, 6.45) is 2.81. The normalized spacial score (nSPS) is 17.5. The van der Waals surface area contributed by atoms with Crippen molar-refractivity contribution in [2.24, 2.45) is 17.3 Å². The molecule has 3 unspecified atom stereocenters. The fourth-order valence-electron chi connectivity index (χ4n) is 5.05. The Bertz CT molecular complexity index is 1340. The van der Waals surface area contributed by atoms with Crippen LogP contribution < -0.4 is 9.47 Å². The van der Waals surface area contributed by atoms with Gasteiger partial charge in [-0.25, -0.2) is 13.8 Å². The smallest absolute Gasteiger partial charge is 0.306 e. The third-order valence-electron chi connectivity index (χ3n) is 7.18. The fraction of sp³-hybridized carbons (Fsp3) is 0.419. The van der Waals surface area contributed by atoms with E-state index < -0.39 is 17.6 Å². The van der Waals surface area contributed by atoms with Crippen molar-refractivity contribution >= 4 is 5.97 Å². The maximum absolute atomic E-state index is 14.9. The molecule has 1 aromatic heterocycles. The number of aromatic nitrogens is 1. The largest absolute Gasteiger partial charge is 0.486 e. The van der Waals surface area contributed by atoms with Crippen LogP contribution in [0.25, 0.3) is 11.1 Å². The summed E-state index contributed by atoms with van der Waals surface area (Å²) in [6.45, 7) is 6.23. The molecule has 1 aliphatic rings. The number of hydrogen-bond acceptors (Lipinski definition) is 5. The minimum absolute atomic E-state index is 0.106. The second-order valence-electron chi connectivity index (χ2n) is 11.1. The van der Waals surface area contributed by atoms with Crippen molar-refractivity contribution in [1.29, 1.82) is 0 Å². The molecule has 1 heterocycles. The van der Waals surface area contributed by atoms with Crippen LogP contribution in [0.4, 0.5) is 8.78 Å². The van der Waals surface area contributed by atoms with E-state index in [1.54, 1.807) is 19.2 Å². The highest BCUT2D eigenvalue weighted by Crippen LogP contribution is 2.43. The van der Waals surface area contributed by atoms with Crippen LogP contribution in [0.5, 0.6) is 11.6 Å². The lowest BCUT2D eigenvalue weighted by Gasteiger charge is -2.32. The number of halogens is 2. The minimum Gasteiger partial charge on any atom is -0.486 e. The molecule has 1 aliphatic carbocycles. The number of carboxylic acids is 1. The number of carboxylic acid groups (broad SMARTS) is 1. The van der Waals surface area contributed by atoms with Gasteiger partial charge in [-0.3, -0.25) is 4.79 Å². The van der Waals surface area contributed by atoms with Crippen LogP contribution in [-0.4, -0.2) is 30.3 Å². The predicted octanol–water partition coefficient (Wildman–Crippen LogP) is 7.00. The first-order valence-electron chi connectivity index (χ1n) is 13.0. The van der Waals surface area contributed by atoms with Gasteiger partial charge in [0.2, 0.25) is 5.88 Å². The van der Waals surface area contributed by atoms with Gasteiger partial charge in [-0.1, -0.05) is 39.0 Å². The molecule has 208 valence electrons. The highest BCUT2D eigenvalue weighted by molar-refractivity contribution is 5.73. The molecule has 0 saturated heterocycles. The van der Waals surface area contributed by atoms with E-state index in [2.05, 4.69) is 4.98 Å². The molecule has 3 aromatic rings. The average molecular weight is 540 g/mol. The summed E-state index contributed by atoms with van der Waals surface area (Å²) < 4.78 is 46.6. The molecule has 2 aromatic carbocycles. The van der Waals surface area contributed by atoms with Crippen molar-refractivity contribution in [3.8, 4) is 22.8 Å². The van der Waals surface area contributed by atoms with Gasteiger partial charge in [-0.15, -0.1) is 0 Å². The van der Waals surface area contributed by atoms with E-state index in [-0.39, 0.29) is 35.7 Å². The first kappa shape index (κ1) is 28.5. The van der Waals surface area contributed by atoms with E-state index in [4.69, 9.17) is 19.3 Å². The van der Waals surface area contributed by atoms with Gasteiger partial charge in [0.05, 0.1) is 25.3 Å². The molecule has 39 heavy (non-hydrogen) atoms. The zero-order chi connectivity index (χ0) is 28.3. The topological polar surface area (TPSA) is 77.9 Å². The van der Waals surface area contributed by atoms with E-state index in [1.165, 1.54) is 13.2 Å². The Morgan fingerprint density at radius 2 is 1.79 bits per heavy atom. The van der Waals surface area contributed by atoms with Gasteiger partial charge >= 0.3 is 5.97 Å². The summed E-state index contributed by atoms with van der Waals surface area (Å²) >= 11 is 0. The zero-order valence-electron chi connectivity index (χ0n) is 23.0. The predicted molar refractivity (Wildman–Crippen MR) is 144 cm³/mol. The number of carbonyl (C=O) groups is 1. The van der Waals surface area contributed by atoms with Crippen LogP contribution in [0.15, 0.2) is 48.7 Å². The average Bonchev–Trinajstić information content (AvgIpc) is 3.67. The Morgan fingerprint density at radius 1 is 1.05 bits per heavy atom. The molecular weight excluding hydrogens is 504 g/mol. The van der Waals surface area contributed by atoms with Crippen LogP contribution >= 0.6 is 0 Å². The number of aryl methyl sites for hydroxylation is 1. The highest BCUT2D eigenvalue weighted by Gasteiger charge is 2.42. The van der Waals surface area contributed by atoms with Crippen molar-refractivity contribution in [3.63, 3.8) is 0 Å². The Hall–Kier alpha value is -3.52. The van der Waals surface area contributed by atoms with Gasteiger partial charge in [0.15, 0.2) is 11.6 Å². The number of methoxy groups -OCH3 is 2. The molecule has 1 fully saturated rings. The first-order chi connectivity index (χ1) is 18.5. The summed E-state index contributed by atoms with van der Waals surface area (Å²) in [6, 6.07) is 12.0. The molecule has 0 aliphatic heterocycles. The van der Waals surface area contributed by atoms with Gasteiger partial charge in [0, 0.05) is 18.7 Å². The lowest BCUT2D eigenvalue weighted by atomic mass is 9.81. The lowest BCUT2D eigenvalue weighted by molar-refractivity contribution is -0.138. The molecule has 0 amide bonds. The van der Waals surface area contributed by atoms with Gasteiger partial charge in [-0.2, -0.15) is 0 Å². The van der Waals surface area contributed by atoms with Crippen molar-refractivity contribution in [3.05, 3.63) is 77.0 Å². The van der Waals surface area contributed by atoms with E-state index in [1.807, 2.05) is 45.0 Å². The minimum atomic E-state index is -0.754.